The van der Waals surface area contributed by atoms with Crippen LogP contribution in [-0.2, 0) is 0 Å². The Balaban J connectivity index is 3.04. The van der Waals surface area contributed by atoms with Gasteiger partial charge in [-0.1, -0.05) is 13.8 Å². The summed E-state index contributed by atoms with van der Waals surface area (Å²) in [7, 11) is 0. The van der Waals surface area contributed by atoms with Gasteiger partial charge >= 0.3 is 0 Å². The highest BCUT2D eigenvalue weighted by atomic mass is 19.1. The molecular formula is C10H12FN3. The van der Waals surface area contributed by atoms with Crippen LogP contribution in [-0.4, -0.2) is 4.98 Å². The van der Waals surface area contributed by atoms with Gasteiger partial charge in [0.25, 0.3) is 0 Å². The van der Waals surface area contributed by atoms with Gasteiger partial charge in [0.05, 0.1) is 0 Å². The van der Waals surface area contributed by atoms with Gasteiger partial charge in [-0.05, 0) is 17.5 Å². The molecule has 4 heteroatoms. The van der Waals surface area contributed by atoms with Gasteiger partial charge in [-0.2, -0.15) is 5.26 Å². The van der Waals surface area contributed by atoms with Crippen molar-refractivity contribution in [2.75, 3.05) is 0 Å². The zero-order valence-corrected chi connectivity index (χ0v) is 8.16. The lowest BCUT2D eigenvalue weighted by atomic mass is 9.98. The molecule has 0 radical (unpaired) electrons. The van der Waals surface area contributed by atoms with Crippen molar-refractivity contribution in [2.24, 2.45) is 11.7 Å². The van der Waals surface area contributed by atoms with Crippen molar-refractivity contribution in [1.29, 1.82) is 5.26 Å². The second-order valence-corrected chi connectivity index (χ2v) is 3.48. The Morgan fingerprint density at radius 3 is 2.64 bits per heavy atom. The van der Waals surface area contributed by atoms with Crippen LogP contribution in [0.2, 0.25) is 0 Å². The highest BCUT2D eigenvalue weighted by molar-refractivity contribution is 5.26. The quantitative estimate of drug-likeness (QED) is 0.778. The zero-order valence-electron chi connectivity index (χ0n) is 8.16. The molecule has 0 saturated heterocycles. The lowest BCUT2D eigenvalue weighted by molar-refractivity contribution is 0.507. The van der Waals surface area contributed by atoms with Crippen molar-refractivity contribution in [2.45, 2.75) is 19.9 Å². The summed E-state index contributed by atoms with van der Waals surface area (Å²) >= 11 is 0. The van der Waals surface area contributed by atoms with E-state index < -0.39 is 5.82 Å². The number of pyridine rings is 1. The summed E-state index contributed by atoms with van der Waals surface area (Å²) in [6.45, 7) is 3.89. The Morgan fingerprint density at radius 2 is 2.21 bits per heavy atom. The first-order valence-corrected chi connectivity index (χ1v) is 4.37. The van der Waals surface area contributed by atoms with Crippen molar-refractivity contribution in [3.05, 3.63) is 29.3 Å². The molecule has 0 bridgehead atoms. The Kier molecular flexibility index (Phi) is 3.15. The first kappa shape index (κ1) is 10.6. The Labute approximate surface area is 82.4 Å². The van der Waals surface area contributed by atoms with Crippen LogP contribution in [0.15, 0.2) is 12.3 Å². The molecule has 0 aliphatic rings. The number of nitrogens with zero attached hydrogens (tertiary/aromatic N) is 2. The molecule has 1 atom stereocenters. The first-order valence-electron chi connectivity index (χ1n) is 4.37. The third kappa shape index (κ3) is 2.06. The molecule has 0 aliphatic carbocycles. The number of nitrogens with two attached hydrogens (primary N) is 1. The third-order valence-corrected chi connectivity index (χ3v) is 2.07. The van der Waals surface area contributed by atoms with Crippen LogP contribution in [0.1, 0.15) is 31.1 Å². The van der Waals surface area contributed by atoms with Crippen molar-refractivity contribution in [1.82, 2.24) is 4.98 Å². The summed E-state index contributed by atoms with van der Waals surface area (Å²) in [5, 5.41) is 8.47. The molecular weight excluding hydrogens is 181 g/mol. The van der Waals surface area contributed by atoms with Crippen LogP contribution >= 0.6 is 0 Å². The van der Waals surface area contributed by atoms with Crippen LogP contribution in [0.25, 0.3) is 0 Å². The van der Waals surface area contributed by atoms with Gasteiger partial charge in [-0.15, -0.1) is 0 Å². The predicted octanol–water partition coefficient (Wildman–Crippen LogP) is 1.75. The van der Waals surface area contributed by atoms with E-state index in [1.54, 1.807) is 6.07 Å². The van der Waals surface area contributed by atoms with E-state index in [1.807, 2.05) is 13.8 Å². The normalized spacial score (nSPS) is 12.6. The molecule has 0 saturated carbocycles. The highest BCUT2D eigenvalue weighted by Gasteiger charge is 2.13. The topological polar surface area (TPSA) is 62.7 Å². The minimum Gasteiger partial charge on any atom is -0.324 e. The highest BCUT2D eigenvalue weighted by Crippen LogP contribution is 2.19. The average Bonchev–Trinajstić information content (AvgIpc) is 2.16. The summed E-state index contributed by atoms with van der Waals surface area (Å²) in [6.07, 6.45) is 1.45. The van der Waals surface area contributed by atoms with Crippen molar-refractivity contribution >= 4 is 0 Å². The predicted molar refractivity (Wildman–Crippen MR) is 50.7 cm³/mol. The Hall–Kier alpha value is -1.47. The summed E-state index contributed by atoms with van der Waals surface area (Å²) in [6, 6.07) is 2.69. The number of nitriles is 1. The first-order chi connectivity index (χ1) is 6.56. The lowest BCUT2D eigenvalue weighted by Crippen LogP contribution is -2.17. The lowest BCUT2D eigenvalue weighted by Gasteiger charge is -2.15. The molecule has 0 aromatic carbocycles. The summed E-state index contributed by atoms with van der Waals surface area (Å²) < 4.78 is 13.1. The number of rotatable bonds is 2. The third-order valence-electron chi connectivity index (χ3n) is 2.07. The number of hydrogen-bond acceptors (Lipinski definition) is 3. The SMILES string of the molecule is CC(C)[C@@H](N)c1cnc(C#N)c(F)c1. The molecule has 1 rings (SSSR count). The molecule has 1 aromatic heterocycles. The van der Waals surface area contributed by atoms with E-state index in [0.29, 0.717) is 5.56 Å². The van der Waals surface area contributed by atoms with E-state index in [1.165, 1.54) is 12.3 Å². The van der Waals surface area contributed by atoms with Crippen LogP contribution in [0.5, 0.6) is 0 Å². The maximum atomic E-state index is 13.1. The van der Waals surface area contributed by atoms with Gasteiger partial charge < -0.3 is 5.73 Å². The number of hydrogen-bond donors (Lipinski definition) is 1. The van der Waals surface area contributed by atoms with E-state index in [-0.39, 0.29) is 17.7 Å². The molecule has 0 amide bonds. The molecule has 0 unspecified atom stereocenters. The van der Waals surface area contributed by atoms with Crippen molar-refractivity contribution in [3.63, 3.8) is 0 Å². The molecule has 1 aromatic rings. The largest absolute Gasteiger partial charge is 0.324 e. The number of aromatic nitrogens is 1. The monoisotopic (exact) mass is 193 g/mol. The van der Waals surface area contributed by atoms with E-state index in [2.05, 4.69) is 4.98 Å². The van der Waals surface area contributed by atoms with Gasteiger partial charge in [0.1, 0.15) is 6.07 Å². The van der Waals surface area contributed by atoms with Crippen LogP contribution in [0.3, 0.4) is 0 Å². The molecule has 14 heavy (non-hydrogen) atoms. The average molecular weight is 193 g/mol. The molecule has 3 nitrogen and oxygen atoms in total. The molecule has 0 aliphatic heterocycles. The van der Waals surface area contributed by atoms with Crippen molar-refractivity contribution in [3.8, 4) is 6.07 Å². The van der Waals surface area contributed by atoms with Gasteiger partial charge in [-0.3, -0.25) is 0 Å². The van der Waals surface area contributed by atoms with Gasteiger partial charge in [0.15, 0.2) is 11.5 Å². The van der Waals surface area contributed by atoms with E-state index in [4.69, 9.17) is 11.0 Å². The van der Waals surface area contributed by atoms with Crippen molar-refractivity contribution < 1.29 is 4.39 Å². The fourth-order valence-corrected chi connectivity index (χ4v) is 1.10. The Morgan fingerprint density at radius 1 is 1.57 bits per heavy atom. The van der Waals surface area contributed by atoms with Gasteiger partial charge in [0.2, 0.25) is 0 Å². The van der Waals surface area contributed by atoms with E-state index in [0.717, 1.165) is 0 Å². The minimum atomic E-state index is -0.610. The van der Waals surface area contributed by atoms with Crippen LogP contribution < -0.4 is 5.73 Å². The molecule has 0 fully saturated rings. The van der Waals surface area contributed by atoms with E-state index >= 15 is 0 Å². The fourth-order valence-electron chi connectivity index (χ4n) is 1.10. The molecule has 1 heterocycles. The van der Waals surface area contributed by atoms with Gasteiger partial charge in [0, 0.05) is 12.2 Å². The summed E-state index contributed by atoms with van der Waals surface area (Å²) in [5.41, 5.74) is 6.24. The maximum Gasteiger partial charge on any atom is 0.176 e. The second kappa shape index (κ2) is 4.16. The second-order valence-electron chi connectivity index (χ2n) is 3.48. The molecule has 0 spiro atoms. The minimum absolute atomic E-state index is 0.190. The smallest absolute Gasteiger partial charge is 0.176 e. The molecule has 2 N–H and O–H groups in total. The fraction of sp³-hybridized carbons (Fsp3) is 0.400. The van der Waals surface area contributed by atoms with Gasteiger partial charge in [-0.25, -0.2) is 9.37 Å². The Bertz CT molecular complexity index is 368. The molecule has 74 valence electrons. The maximum absolute atomic E-state index is 13.1. The van der Waals surface area contributed by atoms with Crippen LogP contribution in [0.4, 0.5) is 4.39 Å². The number of halogens is 1. The van der Waals surface area contributed by atoms with E-state index in [9.17, 15) is 4.39 Å². The van der Waals surface area contributed by atoms with Crippen LogP contribution in [0, 0.1) is 23.1 Å². The zero-order chi connectivity index (χ0) is 10.7. The standard InChI is InChI=1S/C10H12FN3/c1-6(2)10(13)7-3-8(11)9(4-12)14-5-7/h3,5-6,10H,13H2,1-2H3/t10-/m1/s1. The summed E-state index contributed by atoms with van der Waals surface area (Å²) in [4.78, 5) is 3.68. The summed E-state index contributed by atoms with van der Waals surface area (Å²) in [5.74, 6) is -0.398.